The Labute approximate surface area is 89.1 Å². The van der Waals surface area contributed by atoms with Crippen LogP contribution in [0.2, 0.25) is 0 Å². The van der Waals surface area contributed by atoms with Crippen molar-refractivity contribution >= 4 is 0 Å². The fraction of sp³-hybridized carbons (Fsp3) is 0.818. The van der Waals surface area contributed by atoms with E-state index in [4.69, 9.17) is 0 Å². The predicted molar refractivity (Wildman–Crippen MR) is 55.6 cm³/mol. The zero-order valence-corrected chi connectivity index (χ0v) is 8.82. The number of nitrogens with one attached hydrogen (secondary N) is 1. The maximum atomic E-state index is 4.60. The van der Waals surface area contributed by atoms with Crippen LogP contribution in [0.1, 0.15) is 43.5 Å². The maximum absolute atomic E-state index is 4.60. The highest BCUT2D eigenvalue weighted by Gasteiger charge is 2.49. The average molecular weight is 204 g/mol. The fourth-order valence-corrected chi connectivity index (χ4v) is 2.89. The Kier molecular flexibility index (Phi) is 1.44. The van der Waals surface area contributed by atoms with Gasteiger partial charge in [-0.2, -0.15) is 5.10 Å². The Morgan fingerprint density at radius 3 is 2.73 bits per heavy atom. The first kappa shape index (κ1) is 8.28. The van der Waals surface area contributed by atoms with Gasteiger partial charge in [0.05, 0.1) is 6.04 Å². The molecule has 2 heterocycles. The van der Waals surface area contributed by atoms with E-state index in [1.54, 1.807) is 0 Å². The average Bonchev–Trinajstić information content (AvgIpc) is 2.82. The lowest BCUT2D eigenvalue weighted by atomic mass is 9.62. The van der Waals surface area contributed by atoms with E-state index in [9.17, 15) is 0 Å². The second-order valence-corrected chi connectivity index (χ2v) is 5.52. The van der Waals surface area contributed by atoms with Crippen molar-refractivity contribution in [2.75, 3.05) is 13.1 Å². The summed E-state index contributed by atoms with van der Waals surface area (Å²) in [7, 11) is 0. The Hall–Kier alpha value is -0.900. The highest BCUT2D eigenvalue weighted by Crippen LogP contribution is 2.50. The van der Waals surface area contributed by atoms with E-state index >= 15 is 0 Å². The van der Waals surface area contributed by atoms with Gasteiger partial charge >= 0.3 is 0 Å². The maximum Gasteiger partial charge on any atom is 0.153 e. The lowest BCUT2D eigenvalue weighted by Crippen LogP contribution is -2.60. The molecule has 4 nitrogen and oxygen atoms in total. The van der Waals surface area contributed by atoms with E-state index < -0.39 is 0 Å². The summed E-state index contributed by atoms with van der Waals surface area (Å²) in [4.78, 5) is 4.41. The standard InChI is InChI=1S/C11H16N4/c1-2-8(1)10-13-7-15(14-10)9-3-11(4-9)5-12-6-11/h7-9,12H,1-6H2. The van der Waals surface area contributed by atoms with Gasteiger partial charge in [-0.15, -0.1) is 0 Å². The zero-order valence-electron chi connectivity index (χ0n) is 8.82. The molecule has 15 heavy (non-hydrogen) atoms. The van der Waals surface area contributed by atoms with Crippen LogP contribution in [0.4, 0.5) is 0 Å². The minimum absolute atomic E-state index is 0.632. The Balaban J connectivity index is 1.48. The first-order chi connectivity index (χ1) is 7.35. The number of hydrogen-bond acceptors (Lipinski definition) is 3. The minimum atomic E-state index is 0.632. The summed E-state index contributed by atoms with van der Waals surface area (Å²) in [6.07, 6.45) is 7.13. The summed E-state index contributed by atoms with van der Waals surface area (Å²) in [6, 6.07) is 0.632. The fourth-order valence-electron chi connectivity index (χ4n) is 2.89. The lowest BCUT2D eigenvalue weighted by Gasteiger charge is -2.54. The van der Waals surface area contributed by atoms with Crippen molar-refractivity contribution in [1.82, 2.24) is 20.1 Å². The molecule has 1 aromatic heterocycles. The minimum Gasteiger partial charge on any atom is -0.316 e. The van der Waals surface area contributed by atoms with Gasteiger partial charge in [-0.1, -0.05) is 0 Å². The molecule has 3 aliphatic rings. The van der Waals surface area contributed by atoms with Crippen molar-refractivity contribution in [2.24, 2.45) is 5.41 Å². The van der Waals surface area contributed by atoms with E-state index in [-0.39, 0.29) is 0 Å². The molecule has 2 aliphatic carbocycles. The number of hydrogen-bond donors (Lipinski definition) is 1. The molecule has 0 aromatic carbocycles. The van der Waals surface area contributed by atoms with Gasteiger partial charge in [-0.3, -0.25) is 0 Å². The quantitative estimate of drug-likeness (QED) is 0.784. The molecule has 2 saturated carbocycles. The van der Waals surface area contributed by atoms with Crippen molar-refractivity contribution in [2.45, 2.75) is 37.6 Å². The van der Waals surface area contributed by atoms with Crippen LogP contribution < -0.4 is 5.32 Å². The third-order valence-electron chi connectivity index (χ3n) is 4.18. The lowest BCUT2D eigenvalue weighted by molar-refractivity contribution is 0.00209. The van der Waals surface area contributed by atoms with Gasteiger partial charge in [0.25, 0.3) is 0 Å². The highest BCUT2D eigenvalue weighted by molar-refractivity contribution is 5.07. The summed E-state index contributed by atoms with van der Waals surface area (Å²) >= 11 is 0. The highest BCUT2D eigenvalue weighted by atomic mass is 15.4. The largest absolute Gasteiger partial charge is 0.316 e. The summed E-state index contributed by atoms with van der Waals surface area (Å²) in [5, 5.41) is 7.97. The molecular formula is C11H16N4. The van der Waals surface area contributed by atoms with Gasteiger partial charge in [-0.05, 0) is 31.1 Å². The van der Waals surface area contributed by atoms with Crippen LogP contribution in [0.5, 0.6) is 0 Å². The topological polar surface area (TPSA) is 42.7 Å². The van der Waals surface area contributed by atoms with E-state index in [0.29, 0.717) is 17.4 Å². The normalized spacial score (nSPS) is 28.8. The molecule has 4 heteroatoms. The van der Waals surface area contributed by atoms with Gasteiger partial charge in [0.15, 0.2) is 5.82 Å². The smallest absolute Gasteiger partial charge is 0.153 e. The third-order valence-corrected chi connectivity index (χ3v) is 4.18. The molecule has 0 unspecified atom stereocenters. The number of aromatic nitrogens is 3. The van der Waals surface area contributed by atoms with E-state index in [2.05, 4.69) is 20.1 Å². The van der Waals surface area contributed by atoms with Gasteiger partial charge in [0, 0.05) is 19.0 Å². The van der Waals surface area contributed by atoms with Gasteiger partial charge in [-0.25, -0.2) is 9.67 Å². The predicted octanol–water partition coefficient (Wildman–Crippen LogP) is 1.08. The summed E-state index contributed by atoms with van der Waals surface area (Å²) in [5.41, 5.74) is 0.635. The second-order valence-electron chi connectivity index (χ2n) is 5.52. The van der Waals surface area contributed by atoms with Gasteiger partial charge in [0.2, 0.25) is 0 Å². The molecule has 0 atom stereocenters. The Bertz CT molecular complexity index is 381. The summed E-state index contributed by atoms with van der Waals surface area (Å²) in [5.74, 6) is 1.77. The second kappa shape index (κ2) is 2.61. The Morgan fingerprint density at radius 2 is 2.13 bits per heavy atom. The van der Waals surface area contributed by atoms with Crippen LogP contribution in [0.15, 0.2) is 6.33 Å². The van der Waals surface area contributed by atoms with E-state index in [1.165, 1.54) is 38.8 Å². The monoisotopic (exact) mass is 204 g/mol. The van der Waals surface area contributed by atoms with Crippen LogP contribution in [0.25, 0.3) is 0 Å². The number of rotatable bonds is 2. The van der Waals surface area contributed by atoms with Crippen LogP contribution in [0, 0.1) is 5.41 Å². The molecule has 1 saturated heterocycles. The van der Waals surface area contributed by atoms with Crippen molar-refractivity contribution < 1.29 is 0 Å². The zero-order chi connectivity index (χ0) is 9.88. The van der Waals surface area contributed by atoms with Crippen molar-refractivity contribution in [3.8, 4) is 0 Å². The van der Waals surface area contributed by atoms with Crippen molar-refractivity contribution in [3.05, 3.63) is 12.2 Å². The first-order valence-corrected chi connectivity index (χ1v) is 5.96. The molecule has 3 fully saturated rings. The van der Waals surface area contributed by atoms with Gasteiger partial charge in [0.1, 0.15) is 6.33 Å². The molecule has 80 valence electrons. The molecule has 4 rings (SSSR count). The molecule has 0 radical (unpaired) electrons. The molecule has 1 N–H and O–H groups in total. The van der Waals surface area contributed by atoms with Gasteiger partial charge < -0.3 is 5.32 Å². The number of nitrogens with zero attached hydrogens (tertiary/aromatic N) is 3. The van der Waals surface area contributed by atoms with Crippen LogP contribution in [-0.2, 0) is 0 Å². The Morgan fingerprint density at radius 1 is 1.33 bits per heavy atom. The molecule has 0 amide bonds. The molecular weight excluding hydrogens is 188 g/mol. The van der Waals surface area contributed by atoms with Crippen molar-refractivity contribution in [1.29, 1.82) is 0 Å². The third kappa shape index (κ3) is 1.17. The molecule has 1 spiro atoms. The molecule has 0 bridgehead atoms. The summed E-state index contributed by atoms with van der Waals surface area (Å²) < 4.78 is 2.11. The first-order valence-electron chi connectivity index (χ1n) is 5.96. The molecule has 1 aromatic rings. The van der Waals surface area contributed by atoms with E-state index in [1.807, 2.05) is 6.33 Å². The molecule has 1 aliphatic heterocycles. The van der Waals surface area contributed by atoms with Crippen LogP contribution in [0.3, 0.4) is 0 Å². The SMILES string of the molecule is c1nc(C2CC2)nn1C1CC2(CNC2)C1. The van der Waals surface area contributed by atoms with Crippen molar-refractivity contribution in [3.63, 3.8) is 0 Å². The van der Waals surface area contributed by atoms with Crippen LogP contribution in [-0.4, -0.2) is 27.9 Å². The summed E-state index contributed by atoms with van der Waals surface area (Å²) in [6.45, 7) is 2.43. The van der Waals surface area contributed by atoms with Crippen LogP contribution >= 0.6 is 0 Å². The van der Waals surface area contributed by atoms with E-state index in [0.717, 1.165) is 5.82 Å².